The number of hydrogen-bond acceptors (Lipinski definition) is 3. The van der Waals surface area contributed by atoms with Gasteiger partial charge < -0.3 is 16.2 Å². The lowest BCUT2D eigenvalue weighted by molar-refractivity contribution is 0.229. The second-order valence-electron chi connectivity index (χ2n) is 4.06. The van der Waals surface area contributed by atoms with Gasteiger partial charge in [0, 0.05) is 13.2 Å². The summed E-state index contributed by atoms with van der Waals surface area (Å²) in [5.41, 5.74) is 7.29. The quantitative estimate of drug-likeness (QED) is 0.531. The molecule has 1 rings (SSSR count). The first-order valence-electron chi connectivity index (χ1n) is 5.54. The van der Waals surface area contributed by atoms with Crippen LogP contribution in [0.2, 0.25) is 5.02 Å². The van der Waals surface area contributed by atoms with Gasteiger partial charge in [-0.3, -0.25) is 0 Å². The number of rotatable bonds is 6. The van der Waals surface area contributed by atoms with E-state index in [1.807, 2.05) is 19.1 Å². The second-order valence-corrected chi connectivity index (χ2v) is 4.47. The summed E-state index contributed by atoms with van der Waals surface area (Å²) in [7, 11) is 0. The Balaban J connectivity index is 2.35. The predicted octanol–water partition coefficient (Wildman–Crippen LogP) is 2.74. The molecule has 0 aliphatic heterocycles. The van der Waals surface area contributed by atoms with E-state index in [0.29, 0.717) is 16.6 Å². The molecule has 16 heavy (non-hydrogen) atoms. The molecule has 0 spiro atoms. The maximum atomic E-state index is 8.87. The van der Waals surface area contributed by atoms with Crippen molar-refractivity contribution >= 4 is 23.0 Å². The number of aliphatic hydroxyl groups excluding tert-OH is 1. The number of anilines is 2. The summed E-state index contributed by atoms with van der Waals surface area (Å²) in [5, 5.41) is 12.7. The maximum Gasteiger partial charge on any atom is 0.0739 e. The van der Waals surface area contributed by atoms with Crippen molar-refractivity contribution in [3.8, 4) is 0 Å². The standard InChI is InChI=1S/C12H19ClN2O/c1-9(8-16)4-3-7-15-11-6-2-5-10(13)12(11)14/h2,5-6,9,15-16H,3-4,7-8,14H2,1H3. The van der Waals surface area contributed by atoms with E-state index >= 15 is 0 Å². The molecule has 4 N–H and O–H groups in total. The van der Waals surface area contributed by atoms with Crippen molar-refractivity contribution < 1.29 is 5.11 Å². The van der Waals surface area contributed by atoms with Crippen molar-refractivity contribution in [2.75, 3.05) is 24.2 Å². The molecule has 0 radical (unpaired) electrons. The summed E-state index contributed by atoms with van der Waals surface area (Å²) in [6.07, 6.45) is 2.01. The van der Waals surface area contributed by atoms with Crippen LogP contribution in [0.25, 0.3) is 0 Å². The van der Waals surface area contributed by atoms with Crippen LogP contribution in [0.4, 0.5) is 11.4 Å². The van der Waals surface area contributed by atoms with Gasteiger partial charge in [-0.2, -0.15) is 0 Å². The Morgan fingerprint density at radius 1 is 1.50 bits per heavy atom. The highest BCUT2D eigenvalue weighted by atomic mass is 35.5. The van der Waals surface area contributed by atoms with Gasteiger partial charge in [0.15, 0.2) is 0 Å². The summed E-state index contributed by atoms with van der Waals surface area (Å²) >= 11 is 5.90. The molecule has 0 aromatic heterocycles. The highest BCUT2D eigenvalue weighted by Gasteiger charge is 2.03. The topological polar surface area (TPSA) is 58.3 Å². The number of nitrogens with two attached hydrogens (primary N) is 1. The van der Waals surface area contributed by atoms with E-state index < -0.39 is 0 Å². The van der Waals surface area contributed by atoms with E-state index in [1.165, 1.54) is 0 Å². The highest BCUT2D eigenvalue weighted by molar-refractivity contribution is 6.33. The van der Waals surface area contributed by atoms with Crippen molar-refractivity contribution in [3.05, 3.63) is 23.2 Å². The molecule has 0 saturated carbocycles. The van der Waals surface area contributed by atoms with Gasteiger partial charge in [-0.25, -0.2) is 0 Å². The third-order valence-electron chi connectivity index (χ3n) is 2.55. The molecule has 0 saturated heterocycles. The van der Waals surface area contributed by atoms with Crippen LogP contribution in [-0.4, -0.2) is 18.3 Å². The molecule has 0 aliphatic rings. The van der Waals surface area contributed by atoms with Crippen LogP contribution in [-0.2, 0) is 0 Å². The van der Waals surface area contributed by atoms with Crippen molar-refractivity contribution in [3.63, 3.8) is 0 Å². The molecule has 90 valence electrons. The molecule has 1 unspecified atom stereocenters. The minimum Gasteiger partial charge on any atom is -0.396 e. The van der Waals surface area contributed by atoms with Gasteiger partial charge in [-0.15, -0.1) is 0 Å². The molecule has 4 heteroatoms. The smallest absolute Gasteiger partial charge is 0.0739 e. The fourth-order valence-electron chi connectivity index (χ4n) is 1.46. The first-order chi connectivity index (χ1) is 7.65. The second kappa shape index (κ2) is 6.61. The van der Waals surface area contributed by atoms with Gasteiger partial charge >= 0.3 is 0 Å². The molecule has 1 atom stereocenters. The fraction of sp³-hybridized carbons (Fsp3) is 0.500. The van der Waals surface area contributed by atoms with E-state index in [-0.39, 0.29) is 6.61 Å². The largest absolute Gasteiger partial charge is 0.396 e. The van der Waals surface area contributed by atoms with Crippen molar-refractivity contribution in [1.29, 1.82) is 0 Å². The molecule has 0 bridgehead atoms. The zero-order valence-electron chi connectivity index (χ0n) is 9.54. The van der Waals surface area contributed by atoms with Gasteiger partial charge in [-0.05, 0) is 30.9 Å². The van der Waals surface area contributed by atoms with Gasteiger partial charge in [0.25, 0.3) is 0 Å². The highest BCUT2D eigenvalue weighted by Crippen LogP contribution is 2.26. The van der Waals surface area contributed by atoms with Crippen molar-refractivity contribution in [2.45, 2.75) is 19.8 Å². The Kier molecular flexibility index (Phi) is 5.43. The van der Waals surface area contributed by atoms with Gasteiger partial charge in [0.2, 0.25) is 0 Å². The molecule has 0 amide bonds. The van der Waals surface area contributed by atoms with E-state index in [4.69, 9.17) is 22.4 Å². The maximum absolute atomic E-state index is 8.87. The Bertz CT molecular complexity index is 331. The SMILES string of the molecule is CC(CO)CCCNc1cccc(Cl)c1N. The van der Waals surface area contributed by atoms with Crippen LogP contribution >= 0.6 is 11.6 Å². The third-order valence-corrected chi connectivity index (χ3v) is 2.88. The lowest BCUT2D eigenvalue weighted by Gasteiger charge is -2.11. The number of hydrogen-bond donors (Lipinski definition) is 3. The summed E-state index contributed by atoms with van der Waals surface area (Å²) in [6, 6.07) is 5.56. The number of nitrogen functional groups attached to an aromatic ring is 1. The summed E-state index contributed by atoms with van der Waals surface area (Å²) in [5.74, 6) is 0.360. The molecule has 1 aromatic carbocycles. The van der Waals surface area contributed by atoms with E-state index in [9.17, 15) is 0 Å². The normalized spacial score (nSPS) is 12.4. The first-order valence-corrected chi connectivity index (χ1v) is 5.91. The molecular formula is C12H19ClN2O. The molecular weight excluding hydrogens is 224 g/mol. The van der Waals surface area contributed by atoms with E-state index in [0.717, 1.165) is 25.1 Å². The number of aliphatic hydroxyl groups is 1. The monoisotopic (exact) mass is 242 g/mol. The van der Waals surface area contributed by atoms with E-state index in [2.05, 4.69) is 5.32 Å². The molecule has 0 aliphatic carbocycles. The Labute approximate surface area is 102 Å². The van der Waals surface area contributed by atoms with Gasteiger partial charge in [-0.1, -0.05) is 24.6 Å². The average Bonchev–Trinajstić information content (AvgIpc) is 2.29. The fourth-order valence-corrected chi connectivity index (χ4v) is 1.63. The summed E-state index contributed by atoms with van der Waals surface area (Å²) in [6.45, 7) is 3.13. The number of para-hydroxylation sites is 1. The van der Waals surface area contributed by atoms with Crippen LogP contribution in [0.5, 0.6) is 0 Å². The first kappa shape index (κ1) is 13.1. The van der Waals surface area contributed by atoms with Crippen LogP contribution in [0.15, 0.2) is 18.2 Å². The zero-order valence-corrected chi connectivity index (χ0v) is 10.3. The number of benzene rings is 1. The van der Waals surface area contributed by atoms with Gasteiger partial charge in [0.1, 0.15) is 0 Å². The van der Waals surface area contributed by atoms with Crippen LogP contribution < -0.4 is 11.1 Å². The average molecular weight is 243 g/mol. The Morgan fingerprint density at radius 3 is 2.94 bits per heavy atom. The minimum atomic E-state index is 0.249. The molecule has 0 fully saturated rings. The van der Waals surface area contributed by atoms with Crippen molar-refractivity contribution in [2.24, 2.45) is 5.92 Å². The lowest BCUT2D eigenvalue weighted by Crippen LogP contribution is -2.07. The minimum absolute atomic E-state index is 0.249. The van der Waals surface area contributed by atoms with Crippen LogP contribution in [0.3, 0.4) is 0 Å². The van der Waals surface area contributed by atoms with Crippen LogP contribution in [0, 0.1) is 5.92 Å². The summed E-state index contributed by atoms with van der Waals surface area (Å²) < 4.78 is 0. The van der Waals surface area contributed by atoms with E-state index in [1.54, 1.807) is 6.07 Å². The molecule has 3 nitrogen and oxygen atoms in total. The Morgan fingerprint density at radius 2 is 2.25 bits per heavy atom. The Hall–Kier alpha value is -0.930. The zero-order chi connectivity index (χ0) is 12.0. The van der Waals surface area contributed by atoms with Gasteiger partial charge in [0.05, 0.1) is 16.4 Å². The molecule has 0 heterocycles. The summed E-state index contributed by atoms with van der Waals surface area (Å²) in [4.78, 5) is 0. The number of halogens is 1. The lowest BCUT2D eigenvalue weighted by atomic mass is 10.1. The molecule has 1 aromatic rings. The van der Waals surface area contributed by atoms with Crippen molar-refractivity contribution in [1.82, 2.24) is 0 Å². The van der Waals surface area contributed by atoms with Crippen LogP contribution in [0.1, 0.15) is 19.8 Å². The predicted molar refractivity (Wildman–Crippen MR) is 69.8 cm³/mol. The number of nitrogens with one attached hydrogen (secondary N) is 1. The third kappa shape index (κ3) is 3.91.